The molecule has 0 aliphatic carbocycles. The van der Waals surface area contributed by atoms with Crippen molar-refractivity contribution in [1.82, 2.24) is 0 Å². The highest BCUT2D eigenvalue weighted by Gasteiger charge is 2.07. The lowest BCUT2D eigenvalue weighted by molar-refractivity contribution is 0.619. The van der Waals surface area contributed by atoms with Crippen LogP contribution in [-0.2, 0) is 0 Å². The lowest BCUT2D eigenvalue weighted by Crippen LogP contribution is -2.23. The third kappa shape index (κ3) is 2.62. The summed E-state index contributed by atoms with van der Waals surface area (Å²) in [5, 5.41) is 0. The first-order chi connectivity index (χ1) is 6.50. The van der Waals surface area contributed by atoms with Gasteiger partial charge in [0, 0.05) is 13.6 Å². The first-order valence-corrected chi connectivity index (χ1v) is 4.77. The summed E-state index contributed by atoms with van der Waals surface area (Å²) in [6.07, 6.45) is 0. The Hall–Kier alpha value is -1.25. The molecule has 0 aliphatic rings. The van der Waals surface area contributed by atoms with Gasteiger partial charge in [0.05, 0.1) is 11.4 Å². The number of rotatable bonds is 3. The normalized spacial score (nSPS) is 10.6. The zero-order valence-electron chi connectivity index (χ0n) is 8.92. The smallest absolute Gasteiger partial charge is 0.125 e. The van der Waals surface area contributed by atoms with Crippen LogP contribution >= 0.6 is 0 Å². The monoisotopic (exact) mass is 196 g/mol. The molecule has 0 unspecified atom stereocenters. The average Bonchev–Trinajstić information content (AvgIpc) is 2.08. The molecule has 3 heteroatoms. The van der Waals surface area contributed by atoms with Gasteiger partial charge in [0.2, 0.25) is 0 Å². The predicted octanol–water partition coefficient (Wildman–Crippen LogP) is 2.50. The van der Waals surface area contributed by atoms with Crippen molar-refractivity contribution in [2.75, 3.05) is 24.2 Å². The molecule has 0 radical (unpaired) electrons. The molecule has 0 saturated heterocycles. The molecule has 1 aromatic carbocycles. The van der Waals surface area contributed by atoms with Crippen LogP contribution in [0.15, 0.2) is 18.2 Å². The van der Waals surface area contributed by atoms with Crippen molar-refractivity contribution in [2.45, 2.75) is 13.8 Å². The Morgan fingerprint density at radius 3 is 2.64 bits per heavy atom. The first kappa shape index (κ1) is 10.8. The Bertz CT molecular complexity index is 310. The van der Waals surface area contributed by atoms with E-state index in [-0.39, 0.29) is 5.82 Å². The maximum atomic E-state index is 13.0. The molecule has 2 nitrogen and oxygen atoms in total. The minimum absolute atomic E-state index is 0.246. The van der Waals surface area contributed by atoms with E-state index in [1.54, 1.807) is 6.07 Å². The summed E-state index contributed by atoms with van der Waals surface area (Å²) in [5.74, 6) is 0.285. The van der Waals surface area contributed by atoms with Gasteiger partial charge in [-0.15, -0.1) is 0 Å². The average molecular weight is 196 g/mol. The van der Waals surface area contributed by atoms with Gasteiger partial charge in [-0.05, 0) is 24.1 Å². The van der Waals surface area contributed by atoms with E-state index < -0.39 is 0 Å². The minimum Gasteiger partial charge on any atom is -0.397 e. The molecule has 0 saturated carbocycles. The molecule has 0 spiro atoms. The highest BCUT2D eigenvalue weighted by Crippen LogP contribution is 2.23. The van der Waals surface area contributed by atoms with Crippen molar-refractivity contribution in [3.05, 3.63) is 24.0 Å². The van der Waals surface area contributed by atoms with Gasteiger partial charge in [-0.2, -0.15) is 0 Å². The van der Waals surface area contributed by atoms with Gasteiger partial charge >= 0.3 is 0 Å². The predicted molar refractivity (Wildman–Crippen MR) is 58.9 cm³/mol. The number of halogens is 1. The summed E-state index contributed by atoms with van der Waals surface area (Å²) in [7, 11) is 1.92. The third-order valence-corrected chi connectivity index (χ3v) is 2.04. The highest BCUT2D eigenvalue weighted by atomic mass is 19.1. The number of hydrogen-bond donors (Lipinski definition) is 1. The molecular formula is C11H17FN2. The number of hydrogen-bond acceptors (Lipinski definition) is 2. The fourth-order valence-electron chi connectivity index (χ4n) is 1.49. The van der Waals surface area contributed by atoms with Crippen LogP contribution in [0.2, 0.25) is 0 Å². The molecule has 0 amide bonds. The lowest BCUT2D eigenvalue weighted by atomic mass is 10.2. The lowest BCUT2D eigenvalue weighted by Gasteiger charge is -2.22. The summed E-state index contributed by atoms with van der Waals surface area (Å²) in [6, 6.07) is 4.45. The van der Waals surface area contributed by atoms with E-state index in [0.717, 1.165) is 12.2 Å². The number of benzene rings is 1. The molecule has 0 atom stereocenters. The Morgan fingerprint density at radius 1 is 1.43 bits per heavy atom. The number of nitrogens with zero attached hydrogens (tertiary/aromatic N) is 1. The second kappa shape index (κ2) is 4.31. The van der Waals surface area contributed by atoms with Gasteiger partial charge < -0.3 is 10.6 Å². The van der Waals surface area contributed by atoms with E-state index in [1.807, 2.05) is 11.9 Å². The van der Waals surface area contributed by atoms with E-state index in [1.165, 1.54) is 12.1 Å². The van der Waals surface area contributed by atoms with E-state index >= 15 is 0 Å². The van der Waals surface area contributed by atoms with Crippen molar-refractivity contribution in [3.8, 4) is 0 Å². The van der Waals surface area contributed by atoms with E-state index in [9.17, 15) is 4.39 Å². The SMILES string of the molecule is CC(C)CN(C)c1cc(F)ccc1N. The molecule has 1 aromatic rings. The summed E-state index contributed by atoms with van der Waals surface area (Å²) < 4.78 is 13.0. The quantitative estimate of drug-likeness (QED) is 0.752. The molecule has 0 heterocycles. The zero-order chi connectivity index (χ0) is 10.7. The number of nitrogen functional groups attached to an aromatic ring is 1. The summed E-state index contributed by atoms with van der Waals surface area (Å²) >= 11 is 0. The molecule has 0 aromatic heterocycles. The van der Waals surface area contributed by atoms with Gasteiger partial charge in [0.15, 0.2) is 0 Å². The first-order valence-electron chi connectivity index (χ1n) is 4.77. The molecule has 0 bridgehead atoms. The summed E-state index contributed by atoms with van der Waals surface area (Å²) in [5.41, 5.74) is 7.14. The molecule has 0 fully saturated rings. The van der Waals surface area contributed by atoms with Gasteiger partial charge in [-0.3, -0.25) is 0 Å². The van der Waals surface area contributed by atoms with Gasteiger partial charge in [-0.1, -0.05) is 13.8 Å². The third-order valence-electron chi connectivity index (χ3n) is 2.04. The fourth-order valence-corrected chi connectivity index (χ4v) is 1.49. The molecule has 1 rings (SSSR count). The zero-order valence-corrected chi connectivity index (χ0v) is 8.92. The maximum Gasteiger partial charge on any atom is 0.125 e. The highest BCUT2D eigenvalue weighted by molar-refractivity contribution is 5.67. The number of nitrogens with two attached hydrogens (primary N) is 1. The largest absolute Gasteiger partial charge is 0.397 e. The van der Waals surface area contributed by atoms with Crippen molar-refractivity contribution in [2.24, 2.45) is 5.92 Å². The summed E-state index contributed by atoms with van der Waals surface area (Å²) in [6.45, 7) is 5.10. The molecule has 2 N–H and O–H groups in total. The Labute approximate surface area is 84.5 Å². The van der Waals surface area contributed by atoms with Crippen molar-refractivity contribution in [3.63, 3.8) is 0 Å². The van der Waals surface area contributed by atoms with Gasteiger partial charge in [0.25, 0.3) is 0 Å². The molecular weight excluding hydrogens is 179 g/mol. The number of anilines is 2. The van der Waals surface area contributed by atoms with Crippen LogP contribution in [0.5, 0.6) is 0 Å². The van der Waals surface area contributed by atoms with E-state index in [0.29, 0.717) is 11.6 Å². The standard InChI is InChI=1S/C11H17FN2/c1-8(2)7-14(3)11-6-9(12)4-5-10(11)13/h4-6,8H,7,13H2,1-3H3. The maximum absolute atomic E-state index is 13.0. The van der Waals surface area contributed by atoms with Crippen LogP contribution in [-0.4, -0.2) is 13.6 Å². The molecule has 0 aliphatic heterocycles. The minimum atomic E-state index is -0.246. The van der Waals surface area contributed by atoms with Crippen LogP contribution in [0, 0.1) is 11.7 Å². The van der Waals surface area contributed by atoms with Gasteiger partial charge in [-0.25, -0.2) is 4.39 Å². The fraction of sp³-hybridized carbons (Fsp3) is 0.455. The van der Waals surface area contributed by atoms with Crippen LogP contribution in [0.1, 0.15) is 13.8 Å². The van der Waals surface area contributed by atoms with Gasteiger partial charge in [0.1, 0.15) is 5.82 Å². The van der Waals surface area contributed by atoms with Crippen molar-refractivity contribution in [1.29, 1.82) is 0 Å². The van der Waals surface area contributed by atoms with Crippen LogP contribution in [0.25, 0.3) is 0 Å². The Balaban J connectivity index is 2.88. The topological polar surface area (TPSA) is 29.3 Å². The van der Waals surface area contributed by atoms with Crippen LogP contribution in [0.4, 0.5) is 15.8 Å². The second-order valence-electron chi connectivity index (χ2n) is 3.98. The Kier molecular flexibility index (Phi) is 3.33. The van der Waals surface area contributed by atoms with Crippen molar-refractivity contribution >= 4 is 11.4 Å². The second-order valence-corrected chi connectivity index (χ2v) is 3.98. The van der Waals surface area contributed by atoms with Crippen LogP contribution < -0.4 is 10.6 Å². The van der Waals surface area contributed by atoms with Crippen molar-refractivity contribution < 1.29 is 4.39 Å². The molecule has 14 heavy (non-hydrogen) atoms. The molecule has 78 valence electrons. The Morgan fingerprint density at radius 2 is 2.07 bits per heavy atom. The van der Waals surface area contributed by atoms with E-state index in [4.69, 9.17) is 5.73 Å². The van der Waals surface area contributed by atoms with E-state index in [2.05, 4.69) is 13.8 Å². The van der Waals surface area contributed by atoms with Crippen LogP contribution in [0.3, 0.4) is 0 Å². The summed E-state index contributed by atoms with van der Waals surface area (Å²) in [4.78, 5) is 1.98.